The van der Waals surface area contributed by atoms with E-state index in [-0.39, 0.29) is 5.91 Å². The Morgan fingerprint density at radius 3 is 2.76 bits per heavy atom. The molecule has 1 atom stereocenters. The molecular formula is C14H22N2O. The van der Waals surface area contributed by atoms with Crippen LogP contribution in [0.2, 0.25) is 0 Å². The number of anilines is 1. The lowest BCUT2D eigenvalue weighted by atomic mass is 10.1. The molecule has 3 nitrogen and oxygen atoms in total. The Morgan fingerprint density at radius 2 is 2.18 bits per heavy atom. The summed E-state index contributed by atoms with van der Waals surface area (Å²) in [6.45, 7) is 6.56. The smallest absolute Gasteiger partial charge is 0.219 e. The normalized spacial score (nSPS) is 12.0. The molecule has 0 spiro atoms. The molecule has 0 bridgehead atoms. The van der Waals surface area contributed by atoms with Gasteiger partial charge < -0.3 is 10.2 Å². The maximum absolute atomic E-state index is 11.2. The van der Waals surface area contributed by atoms with Gasteiger partial charge in [-0.2, -0.15) is 0 Å². The van der Waals surface area contributed by atoms with Gasteiger partial charge in [0, 0.05) is 32.2 Å². The minimum Gasteiger partial charge on any atom is -0.383 e. The first kappa shape index (κ1) is 13.6. The predicted molar refractivity (Wildman–Crippen MR) is 72.0 cm³/mol. The summed E-state index contributed by atoms with van der Waals surface area (Å²) in [4.78, 5) is 12.9. The van der Waals surface area contributed by atoms with E-state index in [2.05, 4.69) is 31.3 Å². The fraction of sp³-hybridized carbons (Fsp3) is 0.500. The summed E-state index contributed by atoms with van der Waals surface area (Å²) < 4.78 is 0. The Kier molecular flexibility index (Phi) is 5.01. The lowest BCUT2D eigenvalue weighted by molar-refractivity contribution is -0.128. The van der Waals surface area contributed by atoms with Gasteiger partial charge in [0.1, 0.15) is 0 Å². The highest BCUT2D eigenvalue weighted by molar-refractivity contribution is 5.72. The summed E-state index contributed by atoms with van der Waals surface area (Å²) in [6, 6.07) is 8.69. The molecule has 0 aliphatic carbocycles. The highest BCUT2D eigenvalue weighted by Gasteiger charge is 2.04. The van der Waals surface area contributed by atoms with E-state index in [4.69, 9.17) is 0 Å². The van der Waals surface area contributed by atoms with E-state index in [9.17, 15) is 4.79 Å². The van der Waals surface area contributed by atoms with Crippen LogP contribution < -0.4 is 5.32 Å². The molecule has 0 aromatic heterocycles. The van der Waals surface area contributed by atoms with E-state index in [0.29, 0.717) is 12.6 Å². The Morgan fingerprint density at radius 1 is 1.47 bits per heavy atom. The molecule has 0 radical (unpaired) electrons. The number of rotatable bonds is 5. The van der Waals surface area contributed by atoms with Crippen LogP contribution in [0, 0.1) is 0 Å². The van der Waals surface area contributed by atoms with Crippen LogP contribution in [-0.4, -0.2) is 23.9 Å². The van der Waals surface area contributed by atoms with Crippen molar-refractivity contribution in [3.05, 3.63) is 29.8 Å². The van der Waals surface area contributed by atoms with Crippen LogP contribution in [-0.2, 0) is 11.3 Å². The van der Waals surface area contributed by atoms with E-state index in [0.717, 1.165) is 17.7 Å². The maximum Gasteiger partial charge on any atom is 0.219 e. The third-order valence-corrected chi connectivity index (χ3v) is 2.91. The van der Waals surface area contributed by atoms with Crippen molar-refractivity contribution in [3.63, 3.8) is 0 Å². The number of nitrogens with zero attached hydrogens (tertiary/aromatic N) is 1. The zero-order chi connectivity index (χ0) is 12.8. The number of nitrogens with one attached hydrogen (secondary N) is 1. The molecule has 17 heavy (non-hydrogen) atoms. The third-order valence-electron chi connectivity index (χ3n) is 2.91. The molecule has 1 aromatic carbocycles. The van der Waals surface area contributed by atoms with Crippen molar-refractivity contribution < 1.29 is 4.79 Å². The first-order valence-corrected chi connectivity index (χ1v) is 6.10. The summed E-state index contributed by atoms with van der Waals surface area (Å²) in [7, 11) is 1.82. The average molecular weight is 234 g/mol. The van der Waals surface area contributed by atoms with Crippen molar-refractivity contribution in [2.24, 2.45) is 0 Å². The standard InChI is InChI=1S/C14H22N2O/c1-5-11(2)15-14-8-6-7-13(9-14)10-16(4)12(3)17/h6-9,11,15H,5,10H2,1-4H3. The maximum atomic E-state index is 11.2. The molecule has 0 saturated carbocycles. The van der Waals surface area contributed by atoms with Crippen LogP contribution in [0.5, 0.6) is 0 Å². The monoisotopic (exact) mass is 234 g/mol. The third kappa shape index (κ3) is 4.47. The molecule has 0 saturated heterocycles. The Hall–Kier alpha value is -1.51. The molecule has 0 heterocycles. The molecule has 1 N–H and O–H groups in total. The molecule has 0 aliphatic heterocycles. The number of benzene rings is 1. The molecule has 0 fully saturated rings. The van der Waals surface area contributed by atoms with Crippen LogP contribution in [0.1, 0.15) is 32.8 Å². The van der Waals surface area contributed by atoms with Crippen molar-refractivity contribution >= 4 is 11.6 Å². The van der Waals surface area contributed by atoms with E-state index in [1.807, 2.05) is 19.2 Å². The highest BCUT2D eigenvalue weighted by Crippen LogP contribution is 2.14. The Bertz CT molecular complexity index is 376. The summed E-state index contributed by atoms with van der Waals surface area (Å²) >= 11 is 0. The van der Waals surface area contributed by atoms with Gasteiger partial charge in [0.2, 0.25) is 5.91 Å². The number of carbonyl (C=O) groups excluding carboxylic acids is 1. The van der Waals surface area contributed by atoms with Gasteiger partial charge in [0.25, 0.3) is 0 Å². The van der Waals surface area contributed by atoms with Crippen LogP contribution in [0.25, 0.3) is 0 Å². The van der Waals surface area contributed by atoms with Crippen molar-refractivity contribution in [2.75, 3.05) is 12.4 Å². The number of hydrogen-bond donors (Lipinski definition) is 1. The fourth-order valence-electron chi connectivity index (χ4n) is 1.53. The quantitative estimate of drug-likeness (QED) is 0.849. The fourth-order valence-corrected chi connectivity index (χ4v) is 1.53. The number of carbonyl (C=O) groups is 1. The van der Waals surface area contributed by atoms with Gasteiger partial charge in [-0.05, 0) is 31.0 Å². The molecule has 1 amide bonds. The summed E-state index contributed by atoms with van der Waals surface area (Å²) in [5, 5.41) is 3.43. The van der Waals surface area contributed by atoms with Gasteiger partial charge in [-0.1, -0.05) is 19.1 Å². The first-order valence-electron chi connectivity index (χ1n) is 6.10. The molecular weight excluding hydrogens is 212 g/mol. The van der Waals surface area contributed by atoms with Gasteiger partial charge in [-0.25, -0.2) is 0 Å². The average Bonchev–Trinajstić information content (AvgIpc) is 2.29. The Balaban J connectivity index is 2.68. The van der Waals surface area contributed by atoms with Crippen LogP contribution in [0.4, 0.5) is 5.69 Å². The summed E-state index contributed by atoms with van der Waals surface area (Å²) in [6.07, 6.45) is 1.09. The van der Waals surface area contributed by atoms with Crippen molar-refractivity contribution in [1.82, 2.24) is 4.90 Å². The van der Waals surface area contributed by atoms with Crippen molar-refractivity contribution in [2.45, 2.75) is 39.8 Å². The minimum atomic E-state index is 0.0882. The van der Waals surface area contributed by atoms with Gasteiger partial charge in [-0.3, -0.25) is 4.79 Å². The Labute approximate surface area is 104 Å². The topological polar surface area (TPSA) is 32.3 Å². The van der Waals surface area contributed by atoms with Gasteiger partial charge in [-0.15, -0.1) is 0 Å². The SMILES string of the molecule is CCC(C)Nc1cccc(CN(C)C(C)=O)c1. The molecule has 1 rings (SSSR count). The first-order chi connectivity index (χ1) is 8.02. The second-order valence-corrected chi connectivity index (χ2v) is 4.53. The van der Waals surface area contributed by atoms with E-state index >= 15 is 0 Å². The second kappa shape index (κ2) is 6.28. The van der Waals surface area contributed by atoms with Gasteiger partial charge >= 0.3 is 0 Å². The zero-order valence-electron chi connectivity index (χ0n) is 11.2. The van der Waals surface area contributed by atoms with Crippen molar-refractivity contribution in [1.29, 1.82) is 0 Å². The second-order valence-electron chi connectivity index (χ2n) is 4.53. The van der Waals surface area contributed by atoms with E-state index < -0.39 is 0 Å². The van der Waals surface area contributed by atoms with Crippen molar-refractivity contribution in [3.8, 4) is 0 Å². The van der Waals surface area contributed by atoms with E-state index in [1.165, 1.54) is 0 Å². The largest absolute Gasteiger partial charge is 0.383 e. The van der Waals surface area contributed by atoms with Gasteiger partial charge in [0.15, 0.2) is 0 Å². The highest BCUT2D eigenvalue weighted by atomic mass is 16.2. The lowest BCUT2D eigenvalue weighted by Crippen LogP contribution is -2.23. The van der Waals surface area contributed by atoms with Crippen LogP contribution >= 0.6 is 0 Å². The lowest BCUT2D eigenvalue weighted by Gasteiger charge is -2.17. The molecule has 3 heteroatoms. The zero-order valence-corrected chi connectivity index (χ0v) is 11.2. The molecule has 1 unspecified atom stereocenters. The predicted octanol–water partition coefficient (Wildman–Crippen LogP) is 2.88. The molecule has 0 aliphatic rings. The molecule has 94 valence electrons. The number of hydrogen-bond acceptors (Lipinski definition) is 2. The summed E-state index contributed by atoms with van der Waals surface area (Å²) in [5.41, 5.74) is 2.27. The number of amides is 1. The summed E-state index contributed by atoms with van der Waals surface area (Å²) in [5.74, 6) is 0.0882. The van der Waals surface area contributed by atoms with Gasteiger partial charge in [0.05, 0.1) is 0 Å². The van der Waals surface area contributed by atoms with E-state index in [1.54, 1.807) is 11.8 Å². The van der Waals surface area contributed by atoms with Crippen LogP contribution in [0.15, 0.2) is 24.3 Å². The molecule has 1 aromatic rings. The van der Waals surface area contributed by atoms with Crippen LogP contribution in [0.3, 0.4) is 0 Å². The minimum absolute atomic E-state index is 0.0882.